The molecule has 4 saturated heterocycles. The number of rotatable bonds is 12. The molecule has 6 aromatic heterocycles. The number of aromatic nitrogens is 11. The van der Waals surface area contributed by atoms with E-state index in [9.17, 15) is 20.4 Å². The summed E-state index contributed by atoms with van der Waals surface area (Å²) >= 11 is 2.79. The monoisotopic (exact) mass is 903 g/mol. The number of nitrogens with zero attached hydrogens (tertiary/aromatic N) is 11. The number of anilines is 2. The molecule has 0 radical (unpaired) electrons. The molecule has 0 saturated carbocycles. The maximum Gasteiger partial charge on any atom is 0.256 e. The van der Waals surface area contributed by atoms with Crippen molar-refractivity contribution in [2.45, 2.75) is 84.4 Å². The van der Waals surface area contributed by atoms with Gasteiger partial charge in [-0.2, -0.15) is 0 Å². The van der Waals surface area contributed by atoms with Gasteiger partial charge in [-0.15, -0.1) is 0 Å². The van der Waals surface area contributed by atoms with Crippen molar-refractivity contribution in [3.8, 4) is 0 Å². The number of imidazole rings is 3. The lowest BCUT2D eigenvalue weighted by molar-refractivity contribution is -0.0289. The summed E-state index contributed by atoms with van der Waals surface area (Å²) in [4.78, 5) is 34.8. The van der Waals surface area contributed by atoms with E-state index in [1.165, 1.54) is 36.2 Å². The van der Waals surface area contributed by atoms with Crippen molar-refractivity contribution in [1.82, 2.24) is 53.6 Å². The molecule has 4 aliphatic heterocycles. The molecule has 63 heavy (non-hydrogen) atoms. The van der Waals surface area contributed by atoms with Crippen molar-refractivity contribution >= 4 is 68.6 Å². The molecule has 7 aromatic rings. The summed E-state index contributed by atoms with van der Waals surface area (Å²) in [6.07, 6.45) is 4.17. The van der Waals surface area contributed by atoms with Crippen LogP contribution in [0.15, 0.2) is 76.8 Å². The zero-order chi connectivity index (χ0) is 43.0. The molecule has 11 rings (SSSR count). The molecule has 4 fully saturated rings. The molecular weight excluding hydrogens is 859 g/mol. The van der Waals surface area contributed by atoms with Gasteiger partial charge in [0.15, 0.2) is 57.2 Å². The molecule has 4 aliphatic rings. The Balaban J connectivity index is 0.000000150. The number of aliphatic hydroxyl groups is 4. The molecule has 0 aliphatic carbocycles. The molecule has 6 N–H and O–H groups in total. The van der Waals surface area contributed by atoms with Crippen LogP contribution in [-0.2, 0) is 26.0 Å². The molecule has 0 unspecified atom stereocenters. The van der Waals surface area contributed by atoms with E-state index in [-0.39, 0.29) is 12.1 Å². The van der Waals surface area contributed by atoms with Gasteiger partial charge in [0.1, 0.15) is 42.6 Å². The largest absolute Gasteiger partial charge is 0.431 e. The first-order chi connectivity index (χ1) is 30.8. The minimum absolute atomic E-state index is 0.164. The number of para-hydroxylation sites is 2. The van der Waals surface area contributed by atoms with E-state index >= 15 is 0 Å². The molecular formula is C39H45N13O9S2. The number of hydrogen-bond donors (Lipinski definition) is 6. The Morgan fingerprint density at radius 1 is 0.698 bits per heavy atom. The van der Waals surface area contributed by atoms with Crippen molar-refractivity contribution in [1.29, 1.82) is 0 Å². The Hall–Kier alpha value is -5.02. The standard InChI is InChI=1S/C21H22N6O5S.C18H23N7O4S/c28-16-14(8-33-21-26-12-3-1-2-4-13(12)32-21)31-20(17(16)29)27-10-24-15-18(22-9-23-19(15)27)25-11-5-6-30-7-11;1-24-4-3-19-18(24)30-7-11-13(26)14(27)17(29-11)25-9-22-12-15(20-8-21-16(12)25)23-10-2-5-28-6-10/h1-4,9-11,14,16-17,20,28-29H,5-8H2,(H,22,23,25);3-4,8-11,13-14,17,26-27H,2,5-7H2,1H3,(H,20,21,23)/t11-,14-,16-,17-,20-;10-,11+,13+,14+,17+/m10/s1. The van der Waals surface area contributed by atoms with Crippen molar-refractivity contribution in [3.63, 3.8) is 0 Å². The highest BCUT2D eigenvalue weighted by Gasteiger charge is 2.46. The number of ether oxygens (including phenoxy) is 4. The van der Waals surface area contributed by atoms with Crippen molar-refractivity contribution in [3.05, 3.63) is 62.0 Å². The second-order valence-corrected chi connectivity index (χ2v) is 17.4. The van der Waals surface area contributed by atoms with Crippen LogP contribution in [0, 0.1) is 0 Å². The van der Waals surface area contributed by atoms with E-state index in [0.29, 0.717) is 76.1 Å². The van der Waals surface area contributed by atoms with E-state index in [1.807, 2.05) is 42.1 Å². The van der Waals surface area contributed by atoms with E-state index in [1.54, 1.807) is 28.0 Å². The van der Waals surface area contributed by atoms with Crippen LogP contribution in [0.1, 0.15) is 25.3 Å². The Morgan fingerprint density at radius 3 is 1.79 bits per heavy atom. The van der Waals surface area contributed by atoms with Crippen LogP contribution in [0.5, 0.6) is 0 Å². The number of nitrogens with one attached hydrogen (secondary N) is 2. The normalized spacial score (nSPS) is 28.3. The summed E-state index contributed by atoms with van der Waals surface area (Å²) in [5.74, 6) is 2.03. The van der Waals surface area contributed by atoms with Crippen molar-refractivity contribution in [2.24, 2.45) is 7.05 Å². The van der Waals surface area contributed by atoms with Crippen LogP contribution in [0.25, 0.3) is 33.4 Å². The fourth-order valence-electron chi connectivity index (χ4n) is 7.88. The van der Waals surface area contributed by atoms with Crippen LogP contribution in [0.3, 0.4) is 0 Å². The number of benzene rings is 1. The van der Waals surface area contributed by atoms with E-state index < -0.39 is 49.1 Å². The number of aryl methyl sites for hydroxylation is 1. The lowest BCUT2D eigenvalue weighted by Crippen LogP contribution is -2.32. The highest BCUT2D eigenvalue weighted by atomic mass is 32.2. The third-order valence-corrected chi connectivity index (χ3v) is 13.3. The van der Waals surface area contributed by atoms with Gasteiger partial charge in [0.25, 0.3) is 5.22 Å². The van der Waals surface area contributed by atoms with E-state index in [0.717, 1.165) is 30.1 Å². The van der Waals surface area contributed by atoms with Gasteiger partial charge < -0.3 is 59.0 Å². The maximum absolute atomic E-state index is 10.7. The third kappa shape index (κ3) is 8.54. The van der Waals surface area contributed by atoms with Gasteiger partial charge in [-0.25, -0.2) is 39.9 Å². The minimum atomic E-state index is -1.15. The Labute approximate surface area is 366 Å². The first-order valence-electron chi connectivity index (χ1n) is 20.4. The zero-order valence-electron chi connectivity index (χ0n) is 33.8. The molecule has 24 heteroatoms. The summed E-state index contributed by atoms with van der Waals surface area (Å²) in [5, 5.41) is 50.5. The second kappa shape index (κ2) is 18.2. The number of aliphatic hydroxyl groups excluding tert-OH is 4. The topological polar surface area (TPSA) is 273 Å². The summed E-state index contributed by atoms with van der Waals surface area (Å²) < 4.78 is 33.8. The Kier molecular flexibility index (Phi) is 12.1. The zero-order valence-corrected chi connectivity index (χ0v) is 35.4. The lowest BCUT2D eigenvalue weighted by atomic mass is 10.1. The Morgan fingerprint density at radius 2 is 1.27 bits per heavy atom. The van der Waals surface area contributed by atoms with Gasteiger partial charge in [0.2, 0.25) is 0 Å². The average molecular weight is 904 g/mol. The molecule has 0 spiro atoms. The van der Waals surface area contributed by atoms with E-state index in [4.69, 9.17) is 23.4 Å². The summed E-state index contributed by atoms with van der Waals surface area (Å²) in [7, 11) is 1.90. The van der Waals surface area contributed by atoms with Crippen molar-refractivity contribution in [2.75, 3.05) is 48.6 Å². The number of hydrogen-bond acceptors (Lipinski definition) is 21. The average Bonchev–Trinajstić information content (AvgIpc) is 4.16. The second-order valence-electron chi connectivity index (χ2n) is 15.5. The van der Waals surface area contributed by atoms with Crippen molar-refractivity contribution < 1.29 is 43.8 Å². The van der Waals surface area contributed by atoms with Crippen LogP contribution in [-0.4, -0.2) is 161 Å². The number of thioether (sulfide) groups is 2. The predicted molar refractivity (Wildman–Crippen MR) is 227 cm³/mol. The highest BCUT2D eigenvalue weighted by Crippen LogP contribution is 2.37. The first-order valence-corrected chi connectivity index (χ1v) is 22.4. The fraction of sp³-hybridized carbons (Fsp3) is 0.487. The van der Waals surface area contributed by atoms with Gasteiger partial charge in [-0.1, -0.05) is 35.7 Å². The molecule has 10 heterocycles. The maximum atomic E-state index is 10.7. The molecule has 0 amide bonds. The quantitative estimate of drug-likeness (QED) is 0.0953. The Bertz CT molecular complexity index is 2620. The third-order valence-electron chi connectivity index (χ3n) is 11.3. The van der Waals surface area contributed by atoms with Gasteiger partial charge in [-0.3, -0.25) is 9.13 Å². The SMILES string of the molecule is Cn1ccnc1SC[C@H]1O[C@@H](n2cnc3c(N[C@H]4CCOC4)ncnc32)[C@H](O)[C@@H]1O.O[C@@H]1[C@H](O)[C@@H](CSc2nc3ccccc3o2)O[C@H]1n1cnc2c(N[C@@H]3CCOC3)ncnc21. The molecule has 22 nitrogen and oxygen atoms in total. The smallest absolute Gasteiger partial charge is 0.256 e. The lowest BCUT2D eigenvalue weighted by Gasteiger charge is -2.17. The molecule has 0 bridgehead atoms. The highest BCUT2D eigenvalue weighted by molar-refractivity contribution is 7.99. The van der Waals surface area contributed by atoms with Crippen LogP contribution in [0.2, 0.25) is 0 Å². The van der Waals surface area contributed by atoms with Gasteiger partial charge in [0.05, 0.1) is 50.2 Å². The number of fused-ring (bicyclic) bond motifs is 3. The molecule has 332 valence electrons. The van der Waals surface area contributed by atoms with E-state index in [2.05, 4.69) is 50.5 Å². The first kappa shape index (κ1) is 42.0. The van der Waals surface area contributed by atoms with Gasteiger partial charge in [0, 0.05) is 44.2 Å². The fourth-order valence-corrected chi connectivity index (χ4v) is 9.76. The van der Waals surface area contributed by atoms with Crippen LogP contribution >= 0.6 is 23.5 Å². The number of oxazole rings is 1. The molecule has 1 aromatic carbocycles. The summed E-state index contributed by atoms with van der Waals surface area (Å²) in [6, 6.07) is 7.84. The predicted octanol–water partition coefficient (Wildman–Crippen LogP) is 1.75. The van der Waals surface area contributed by atoms with Gasteiger partial charge >= 0.3 is 0 Å². The van der Waals surface area contributed by atoms with Crippen LogP contribution < -0.4 is 10.6 Å². The summed E-state index contributed by atoms with van der Waals surface area (Å²) in [6.45, 7) is 2.67. The summed E-state index contributed by atoms with van der Waals surface area (Å²) in [5.41, 5.74) is 3.66. The van der Waals surface area contributed by atoms with Crippen LogP contribution in [0.4, 0.5) is 11.6 Å². The minimum Gasteiger partial charge on any atom is -0.431 e. The molecule has 10 atom stereocenters. The van der Waals surface area contributed by atoms with Gasteiger partial charge in [-0.05, 0) is 25.0 Å².